The van der Waals surface area contributed by atoms with Crippen LogP contribution >= 0.6 is 11.8 Å². The lowest BCUT2D eigenvalue weighted by Gasteiger charge is -2.25. The third-order valence-corrected chi connectivity index (χ3v) is 8.22. The van der Waals surface area contributed by atoms with Crippen molar-refractivity contribution in [1.29, 1.82) is 0 Å². The van der Waals surface area contributed by atoms with Gasteiger partial charge in [0.2, 0.25) is 0 Å². The van der Waals surface area contributed by atoms with Crippen LogP contribution in [0.15, 0.2) is 77.8 Å². The molecule has 0 N–H and O–H groups in total. The topological polar surface area (TPSA) is 42.3 Å². The number of nitrogens with zero attached hydrogens (tertiary/aromatic N) is 2. The second kappa shape index (κ2) is 9.38. The van der Waals surface area contributed by atoms with Crippen LogP contribution in [0.3, 0.4) is 0 Å². The van der Waals surface area contributed by atoms with Gasteiger partial charge in [-0.3, -0.25) is 14.5 Å². The summed E-state index contributed by atoms with van der Waals surface area (Å²) < 4.78 is 2.23. The van der Waals surface area contributed by atoms with Gasteiger partial charge in [0.25, 0.3) is 11.1 Å². The Morgan fingerprint density at radius 3 is 2.51 bits per heavy atom. The number of imide groups is 1. The zero-order chi connectivity index (χ0) is 23.8. The number of carbonyl (C=O) groups excluding carboxylic acids is 2. The molecule has 1 aliphatic heterocycles. The molecule has 0 bridgehead atoms. The van der Waals surface area contributed by atoms with Crippen molar-refractivity contribution < 1.29 is 9.59 Å². The Kier molecular flexibility index (Phi) is 5.95. The zero-order valence-corrected chi connectivity index (χ0v) is 20.5. The Morgan fingerprint density at radius 2 is 1.66 bits per heavy atom. The van der Waals surface area contributed by atoms with E-state index in [1.54, 1.807) is 0 Å². The first kappa shape index (κ1) is 22.2. The number of para-hydroxylation sites is 1. The molecule has 2 amide bonds. The quantitative estimate of drug-likeness (QED) is 0.278. The molecule has 1 saturated heterocycles. The monoisotopic (exact) mass is 480 g/mol. The Labute approximate surface area is 209 Å². The van der Waals surface area contributed by atoms with Crippen LogP contribution in [0.1, 0.15) is 43.2 Å². The van der Waals surface area contributed by atoms with E-state index in [1.807, 2.05) is 18.2 Å². The molecule has 2 heterocycles. The number of hydrogen-bond donors (Lipinski definition) is 0. The van der Waals surface area contributed by atoms with Gasteiger partial charge in [0.1, 0.15) is 0 Å². The molecule has 5 heteroatoms. The van der Waals surface area contributed by atoms with E-state index in [4.69, 9.17) is 0 Å². The lowest BCUT2D eigenvalue weighted by atomic mass is 9.89. The fourth-order valence-corrected chi connectivity index (χ4v) is 6.32. The minimum absolute atomic E-state index is 0.133. The summed E-state index contributed by atoms with van der Waals surface area (Å²) in [6, 6.07) is 23.2. The molecule has 35 heavy (non-hydrogen) atoms. The fourth-order valence-electron chi connectivity index (χ4n) is 5.48. The summed E-state index contributed by atoms with van der Waals surface area (Å²) >= 11 is 1.08. The van der Waals surface area contributed by atoms with Gasteiger partial charge in [-0.05, 0) is 65.1 Å². The van der Waals surface area contributed by atoms with Crippen molar-refractivity contribution >= 4 is 50.7 Å². The first-order valence-electron chi connectivity index (χ1n) is 12.5. The highest BCUT2D eigenvalue weighted by Crippen LogP contribution is 2.36. The van der Waals surface area contributed by atoms with E-state index in [2.05, 4.69) is 65.4 Å². The number of rotatable bonds is 5. The minimum Gasteiger partial charge on any atom is -0.342 e. The molecule has 176 valence electrons. The number of thioether (sulfide) groups is 1. The number of aromatic nitrogens is 1. The van der Waals surface area contributed by atoms with Crippen molar-refractivity contribution in [3.8, 4) is 0 Å². The number of benzene rings is 3. The predicted molar refractivity (Wildman–Crippen MR) is 144 cm³/mol. The van der Waals surface area contributed by atoms with Gasteiger partial charge in [-0.15, -0.1) is 0 Å². The average Bonchev–Trinajstić information content (AvgIpc) is 3.36. The third kappa shape index (κ3) is 4.41. The van der Waals surface area contributed by atoms with Crippen molar-refractivity contribution in [1.82, 2.24) is 9.47 Å². The summed E-state index contributed by atoms with van der Waals surface area (Å²) in [4.78, 5) is 27.9. The predicted octanol–water partition coefficient (Wildman–Crippen LogP) is 7.46. The number of amides is 2. The van der Waals surface area contributed by atoms with Crippen molar-refractivity contribution in [2.24, 2.45) is 5.92 Å². The highest BCUT2D eigenvalue weighted by molar-refractivity contribution is 8.18. The van der Waals surface area contributed by atoms with Crippen molar-refractivity contribution in [3.63, 3.8) is 0 Å². The highest BCUT2D eigenvalue weighted by atomic mass is 32.2. The summed E-state index contributed by atoms with van der Waals surface area (Å²) in [7, 11) is 0. The smallest absolute Gasteiger partial charge is 0.293 e. The minimum atomic E-state index is -0.142. The summed E-state index contributed by atoms with van der Waals surface area (Å²) in [5.74, 6) is 0.303. The van der Waals surface area contributed by atoms with E-state index < -0.39 is 0 Å². The van der Waals surface area contributed by atoms with Crippen molar-refractivity contribution in [3.05, 3.63) is 89.0 Å². The molecule has 2 fully saturated rings. The maximum atomic E-state index is 13.2. The first-order valence-corrected chi connectivity index (χ1v) is 13.3. The molecule has 2 aliphatic rings. The van der Waals surface area contributed by atoms with Gasteiger partial charge in [0.05, 0.1) is 4.91 Å². The molecule has 1 aliphatic carbocycles. The maximum Gasteiger partial charge on any atom is 0.293 e. The van der Waals surface area contributed by atoms with Gasteiger partial charge < -0.3 is 4.57 Å². The van der Waals surface area contributed by atoms with Crippen LogP contribution in [0.4, 0.5) is 4.79 Å². The SMILES string of the molecule is O=C1S/C(=C/c2cn(Cc3ccc4ccccc4c3)c3ccccc23)C(=O)N1CC1CCCCC1. The molecule has 3 aromatic carbocycles. The lowest BCUT2D eigenvalue weighted by Crippen LogP contribution is -2.34. The molecular weight excluding hydrogens is 452 g/mol. The summed E-state index contributed by atoms with van der Waals surface area (Å²) in [5, 5.41) is 3.42. The third-order valence-electron chi connectivity index (χ3n) is 7.31. The fraction of sp³-hybridized carbons (Fsp3) is 0.267. The van der Waals surface area contributed by atoms with Crippen LogP contribution in [-0.2, 0) is 11.3 Å². The normalized spacial score (nSPS) is 18.4. The number of fused-ring (bicyclic) bond motifs is 2. The number of hydrogen-bond acceptors (Lipinski definition) is 3. The Balaban J connectivity index is 1.30. The van der Waals surface area contributed by atoms with Gasteiger partial charge in [-0.1, -0.05) is 73.9 Å². The van der Waals surface area contributed by atoms with E-state index >= 15 is 0 Å². The molecular formula is C30H28N2O2S. The van der Waals surface area contributed by atoms with E-state index in [9.17, 15) is 9.59 Å². The molecule has 1 aromatic heterocycles. The lowest BCUT2D eigenvalue weighted by molar-refractivity contribution is -0.123. The maximum absolute atomic E-state index is 13.2. The second-order valence-electron chi connectivity index (χ2n) is 9.71. The Bertz CT molecular complexity index is 1460. The van der Waals surface area contributed by atoms with Crippen LogP contribution in [0.25, 0.3) is 27.8 Å². The van der Waals surface area contributed by atoms with Gasteiger partial charge in [-0.2, -0.15) is 0 Å². The van der Waals surface area contributed by atoms with E-state index in [-0.39, 0.29) is 11.1 Å². The van der Waals surface area contributed by atoms with Crippen LogP contribution in [0.5, 0.6) is 0 Å². The summed E-state index contributed by atoms with van der Waals surface area (Å²) in [5.41, 5.74) is 3.32. The zero-order valence-electron chi connectivity index (χ0n) is 19.7. The molecule has 4 aromatic rings. The second-order valence-corrected chi connectivity index (χ2v) is 10.7. The summed E-state index contributed by atoms with van der Waals surface area (Å²) in [6.45, 7) is 1.30. The van der Waals surface area contributed by atoms with Crippen LogP contribution in [0.2, 0.25) is 0 Å². The van der Waals surface area contributed by atoms with Gasteiger partial charge in [0.15, 0.2) is 0 Å². The van der Waals surface area contributed by atoms with Gasteiger partial charge >= 0.3 is 0 Å². The molecule has 4 nitrogen and oxygen atoms in total. The van der Waals surface area contributed by atoms with Gasteiger partial charge in [-0.25, -0.2) is 0 Å². The molecule has 0 atom stereocenters. The molecule has 6 rings (SSSR count). The molecule has 0 unspecified atom stereocenters. The van der Waals surface area contributed by atoms with Crippen LogP contribution in [-0.4, -0.2) is 27.2 Å². The van der Waals surface area contributed by atoms with E-state index in [1.165, 1.54) is 40.5 Å². The van der Waals surface area contributed by atoms with Crippen LogP contribution < -0.4 is 0 Å². The van der Waals surface area contributed by atoms with E-state index in [0.29, 0.717) is 17.4 Å². The van der Waals surface area contributed by atoms with Crippen molar-refractivity contribution in [2.75, 3.05) is 6.54 Å². The molecule has 1 saturated carbocycles. The van der Waals surface area contributed by atoms with Crippen molar-refractivity contribution in [2.45, 2.75) is 38.6 Å². The summed E-state index contributed by atoms with van der Waals surface area (Å²) in [6.07, 6.45) is 9.91. The number of carbonyl (C=O) groups is 2. The molecule has 0 spiro atoms. The van der Waals surface area contributed by atoms with Gasteiger partial charge in [0, 0.05) is 35.8 Å². The largest absolute Gasteiger partial charge is 0.342 e. The highest BCUT2D eigenvalue weighted by Gasteiger charge is 2.36. The first-order chi connectivity index (χ1) is 17.2. The van der Waals surface area contributed by atoms with Crippen LogP contribution in [0, 0.1) is 5.92 Å². The van der Waals surface area contributed by atoms with E-state index in [0.717, 1.165) is 47.6 Å². The standard InChI is InChI=1S/C30H28N2O2S/c33-29-28(35-30(34)32(29)19-21-8-2-1-3-9-21)17-25-20-31(27-13-7-6-12-26(25)27)18-22-14-15-23-10-4-5-11-24(23)16-22/h4-7,10-17,20-21H,1-3,8-9,18-19H2/b28-17+. The Hall–Kier alpha value is -3.31. The Morgan fingerprint density at radius 1 is 0.886 bits per heavy atom. The molecule has 0 radical (unpaired) electrons. The average molecular weight is 481 g/mol.